The number of aromatic nitrogens is 2. The van der Waals surface area contributed by atoms with Gasteiger partial charge in [-0.1, -0.05) is 25.2 Å². The van der Waals surface area contributed by atoms with E-state index in [9.17, 15) is 4.79 Å². The molecule has 0 unspecified atom stereocenters. The molecule has 1 aromatic heterocycles. The van der Waals surface area contributed by atoms with Crippen molar-refractivity contribution in [1.82, 2.24) is 10.2 Å². The van der Waals surface area contributed by atoms with Crippen LogP contribution in [-0.2, 0) is 11.2 Å². The maximum atomic E-state index is 12.0. The molecule has 1 saturated carbocycles. The van der Waals surface area contributed by atoms with Gasteiger partial charge in [0, 0.05) is 6.42 Å². The maximum Gasteiger partial charge on any atom is 0.246 e. The molecule has 0 radical (unpaired) electrons. The van der Waals surface area contributed by atoms with E-state index in [2.05, 4.69) is 35.4 Å². The van der Waals surface area contributed by atoms with Crippen LogP contribution >= 0.6 is 11.3 Å². The monoisotopic (exact) mass is 264 g/mol. The number of nitrogens with one attached hydrogen (secondary N) is 1. The van der Waals surface area contributed by atoms with Gasteiger partial charge in [-0.25, -0.2) is 0 Å². The van der Waals surface area contributed by atoms with Crippen molar-refractivity contribution in [2.24, 2.45) is 11.3 Å². The molecule has 5 nitrogen and oxygen atoms in total. The minimum Gasteiger partial charge on any atom is -0.299 e. The van der Waals surface area contributed by atoms with Crippen LogP contribution < -0.4 is 5.32 Å². The van der Waals surface area contributed by atoms with Gasteiger partial charge >= 0.3 is 0 Å². The summed E-state index contributed by atoms with van der Waals surface area (Å²) >= 11 is 1.39. The van der Waals surface area contributed by atoms with Crippen molar-refractivity contribution in [3.63, 3.8) is 0 Å². The maximum absolute atomic E-state index is 12.0. The average molecular weight is 264 g/mol. The number of carbonyl (C=O) groups is 1. The van der Waals surface area contributed by atoms with E-state index < -0.39 is 5.41 Å². The van der Waals surface area contributed by atoms with Gasteiger partial charge in [0.05, 0.1) is 6.07 Å². The summed E-state index contributed by atoms with van der Waals surface area (Å²) < 4.78 is 0. The Morgan fingerprint density at radius 1 is 1.56 bits per heavy atom. The molecule has 2 rings (SSSR count). The molecule has 1 N–H and O–H groups in total. The largest absolute Gasteiger partial charge is 0.299 e. The summed E-state index contributed by atoms with van der Waals surface area (Å²) in [7, 11) is 0. The first-order chi connectivity index (χ1) is 8.55. The minimum absolute atomic E-state index is 0.233. The van der Waals surface area contributed by atoms with Crippen molar-refractivity contribution in [3.8, 4) is 6.07 Å². The zero-order valence-corrected chi connectivity index (χ0v) is 11.4. The molecule has 6 heteroatoms. The molecule has 0 bridgehead atoms. The molecule has 96 valence electrons. The molecule has 1 heterocycles. The predicted molar refractivity (Wildman–Crippen MR) is 69.0 cm³/mol. The first-order valence-electron chi connectivity index (χ1n) is 6.11. The fourth-order valence-corrected chi connectivity index (χ4v) is 2.82. The summed E-state index contributed by atoms with van der Waals surface area (Å²) in [5.41, 5.74) is -0.829. The third kappa shape index (κ3) is 2.51. The van der Waals surface area contributed by atoms with E-state index in [0.29, 0.717) is 23.9 Å². The number of hydrogen-bond donors (Lipinski definition) is 1. The third-order valence-corrected chi connectivity index (χ3v) is 3.99. The Morgan fingerprint density at radius 2 is 2.28 bits per heavy atom. The van der Waals surface area contributed by atoms with Crippen molar-refractivity contribution in [2.45, 2.75) is 39.5 Å². The van der Waals surface area contributed by atoms with Crippen molar-refractivity contribution in [3.05, 3.63) is 5.01 Å². The van der Waals surface area contributed by atoms with Crippen LogP contribution in [0.3, 0.4) is 0 Å². The highest BCUT2D eigenvalue weighted by molar-refractivity contribution is 7.15. The molecular weight excluding hydrogens is 248 g/mol. The zero-order valence-electron chi connectivity index (χ0n) is 10.6. The zero-order chi connectivity index (χ0) is 13.2. The highest BCUT2D eigenvalue weighted by Gasteiger charge is 2.44. The summed E-state index contributed by atoms with van der Waals surface area (Å²) in [5.74, 6) is 0.280. The van der Waals surface area contributed by atoms with E-state index in [4.69, 9.17) is 5.26 Å². The number of anilines is 1. The van der Waals surface area contributed by atoms with Crippen LogP contribution in [0.15, 0.2) is 0 Å². The number of nitrogens with zero attached hydrogens (tertiary/aromatic N) is 3. The summed E-state index contributed by atoms with van der Waals surface area (Å²) in [4.78, 5) is 12.0. The molecule has 0 atom stereocenters. The molecule has 1 aromatic rings. The van der Waals surface area contributed by atoms with Gasteiger partial charge in [-0.2, -0.15) is 5.26 Å². The van der Waals surface area contributed by atoms with Gasteiger partial charge in [0.2, 0.25) is 11.0 Å². The fourth-order valence-electron chi connectivity index (χ4n) is 1.87. The second kappa shape index (κ2) is 5.02. The molecule has 18 heavy (non-hydrogen) atoms. The van der Waals surface area contributed by atoms with Gasteiger partial charge in [0.25, 0.3) is 0 Å². The SMILES string of the molecule is CC(C)Cc1nnc(NC(=O)C2(C#N)CCC2)s1. The molecule has 1 aliphatic carbocycles. The van der Waals surface area contributed by atoms with Gasteiger partial charge < -0.3 is 0 Å². The lowest BCUT2D eigenvalue weighted by Crippen LogP contribution is -2.40. The van der Waals surface area contributed by atoms with Crippen LogP contribution in [-0.4, -0.2) is 16.1 Å². The molecule has 1 aliphatic rings. The Balaban J connectivity index is 1.99. The van der Waals surface area contributed by atoms with Crippen LogP contribution in [0.4, 0.5) is 5.13 Å². The van der Waals surface area contributed by atoms with Gasteiger partial charge in [-0.05, 0) is 25.2 Å². The lowest BCUT2D eigenvalue weighted by Gasteiger charge is -2.32. The Bertz CT molecular complexity index is 485. The number of nitriles is 1. The van der Waals surface area contributed by atoms with Gasteiger partial charge in [-0.15, -0.1) is 10.2 Å². The second-order valence-electron chi connectivity index (χ2n) is 5.10. The lowest BCUT2D eigenvalue weighted by molar-refractivity contribution is -0.126. The van der Waals surface area contributed by atoms with E-state index >= 15 is 0 Å². The Kier molecular flexibility index (Phi) is 3.62. The molecule has 0 saturated heterocycles. The highest BCUT2D eigenvalue weighted by Crippen LogP contribution is 2.41. The molecule has 0 spiro atoms. The van der Waals surface area contributed by atoms with E-state index in [-0.39, 0.29) is 5.91 Å². The molecule has 1 amide bonds. The minimum atomic E-state index is -0.829. The summed E-state index contributed by atoms with van der Waals surface area (Å²) in [6, 6.07) is 2.12. The average Bonchev–Trinajstić information content (AvgIpc) is 2.63. The smallest absolute Gasteiger partial charge is 0.246 e. The predicted octanol–water partition coefficient (Wildman–Crippen LogP) is 2.37. The number of rotatable bonds is 4. The molecule has 0 aliphatic heterocycles. The Morgan fingerprint density at radius 3 is 2.78 bits per heavy atom. The van der Waals surface area contributed by atoms with Gasteiger partial charge in [-0.3, -0.25) is 10.1 Å². The van der Waals surface area contributed by atoms with Crippen LogP contribution in [0.2, 0.25) is 0 Å². The van der Waals surface area contributed by atoms with Crippen LogP contribution in [0.5, 0.6) is 0 Å². The van der Waals surface area contributed by atoms with Crippen LogP contribution in [0.1, 0.15) is 38.1 Å². The van der Waals surface area contributed by atoms with Crippen molar-refractivity contribution in [1.29, 1.82) is 5.26 Å². The van der Waals surface area contributed by atoms with Gasteiger partial charge in [0.15, 0.2) is 0 Å². The van der Waals surface area contributed by atoms with E-state index in [1.54, 1.807) is 0 Å². The fraction of sp³-hybridized carbons (Fsp3) is 0.667. The van der Waals surface area contributed by atoms with Crippen molar-refractivity contribution in [2.75, 3.05) is 5.32 Å². The molecule has 1 fully saturated rings. The van der Waals surface area contributed by atoms with E-state index in [1.807, 2.05) is 0 Å². The molecular formula is C12H16N4OS. The van der Waals surface area contributed by atoms with Crippen LogP contribution in [0, 0.1) is 22.7 Å². The second-order valence-corrected chi connectivity index (χ2v) is 6.16. The van der Waals surface area contributed by atoms with Crippen LogP contribution in [0.25, 0.3) is 0 Å². The summed E-state index contributed by atoms with van der Waals surface area (Å²) in [6.07, 6.45) is 3.09. The highest BCUT2D eigenvalue weighted by atomic mass is 32.1. The first-order valence-corrected chi connectivity index (χ1v) is 6.92. The van der Waals surface area contributed by atoms with Gasteiger partial charge in [0.1, 0.15) is 10.4 Å². The van der Waals surface area contributed by atoms with Crippen molar-refractivity contribution >= 4 is 22.4 Å². The standard InChI is InChI=1S/C12H16N4OS/c1-8(2)6-9-15-16-11(18-9)14-10(17)12(7-13)4-3-5-12/h8H,3-6H2,1-2H3,(H,14,16,17). The van der Waals surface area contributed by atoms with E-state index in [0.717, 1.165) is 17.8 Å². The Hall–Kier alpha value is -1.48. The Labute approximate surface area is 110 Å². The quantitative estimate of drug-likeness (QED) is 0.905. The number of hydrogen-bond acceptors (Lipinski definition) is 5. The lowest BCUT2D eigenvalue weighted by atomic mass is 9.69. The number of carbonyl (C=O) groups excluding carboxylic acids is 1. The molecule has 0 aromatic carbocycles. The summed E-state index contributed by atoms with van der Waals surface area (Å²) in [6.45, 7) is 4.22. The number of amides is 1. The topological polar surface area (TPSA) is 78.7 Å². The summed E-state index contributed by atoms with van der Waals surface area (Å²) in [5, 5.41) is 21.2. The normalized spacial score (nSPS) is 17.0. The third-order valence-electron chi connectivity index (χ3n) is 3.13. The first kappa shape index (κ1) is 13.0. The van der Waals surface area contributed by atoms with Crippen molar-refractivity contribution < 1.29 is 4.79 Å². The van der Waals surface area contributed by atoms with E-state index in [1.165, 1.54) is 11.3 Å².